The van der Waals surface area contributed by atoms with Gasteiger partial charge in [-0.1, -0.05) is 19.6 Å². The number of likely N-dealkylation sites (tertiary alicyclic amines) is 1. The van der Waals surface area contributed by atoms with E-state index in [1.165, 1.54) is 32.0 Å². The Balaban J connectivity index is 1.87. The van der Waals surface area contributed by atoms with Crippen LogP contribution < -0.4 is 0 Å². The van der Waals surface area contributed by atoms with E-state index in [-0.39, 0.29) is 0 Å². The highest BCUT2D eigenvalue weighted by Gasteiger charge is 2.44. The first-order valence-electron chi connectivity index (χ1n) is 5.30. The second-order valence-corrected chi connectivity index (χ2v) is 11.2. The summed E-state index contributed by atoms with van der Waals surface area (Å²) in [4.78, 5) is 2.78. The van der Waals surface area contributed by atoms with Gasteiger partial charge in [0.05, 0.1) is 8.07 Å². The van der Waals surface area contributed by atoms with Crippen LogP contribution in [0.3, 0.4) is 0 Å². The quantitative estimate of drug-likeness (QED) is 0.594. The van der Waals surface area contributed by atoms with Crippen LogP contribution in [-0.4, -0.2) is 31.7 Å². The van der Waals surface area contributed by atoms with Gasteiger partial charge in [-0.15, -0.1) is 0 Å². The molecule has 0 aromatic carbocycles. The van der Waals surface area contributed by atoms with E-state index < -0.39 is 8.07 Å². The molecule has 1 heterocycles. The van der Waals surface area contributed by atoms with Crippen LogP contribution in [0, 0.1) is 5.92 Å². The number of hydrogen-bond donors (Lipinski definition) is 0. The zero-order valence-corrected chi connectivity index (χ0v) is 9.64. The maximum atomic E-state index is 2.78. The number of rotatable bonds is 2. The molecule has 1 saturated carbocycles. The fraction of sp³-hybridized carbons (Fsp3) is 1.00. The molecule has 1 saturated heterocycles. The largest absolute Gasteiger partial charge is 0.303 e. The smallest absolute Gasteiger partial charge is 0.0599 e. The van der Waals surface area contributed by atoms with Gasteiger partial charge >= 0.3 is 0 Å². The molecule has 0 aromatic heterocycles. The first-order valence-corrected chi connectivity index (χ1v) is 9.01. The van der Waals surface area contributed by atoms with Crippen LogP contribution in [-0.2, 0) is 0 Å². The molecule has 0 bridgehead atoms. The second kappa shape index (κ2) is 2.84. The van der Waals surface area contributed by atoms with Gasteiger partial charge in [-0.05, 0) is 37.9 Å². The molecule has 1 nitrogen and oxygen atoms in total. The van der Waals surface area contributed by atoms with Crippen LogP contribution in [0.1, 0.15) is 19.3 Å². The lowest BCUT2D eigenvalue weighted by molar-refractivity contribution is 0.245. The van der Waals surface area contributed by atoms with Gasteiger partial charge in [-0.3, -0.25) is 0 Å². The van der Waals surface area contributed by atoms with Crippen LogP contribution in [0.4, 0.5) is 0 Å². The van der Waals surface area contributed by atoms with E-state index >= 15 is 0 Å². The molecular formula is C10H21NSi. The van der Waals surface area contributed by atoms with Crippen molar-refractivity contribution in [3.05, 3.63) is 0 Å². The third-order valence-electron chi connectivity index (χ3n) is 3.05. The van der Waals surface area contributed by atoms with Gasteiger partial charge in [0.2, 0.25) is 0 Å². The Bertz CT molecular complexity index is 173. The highest BCUT2D eigenvalue weighted by molar-refractivity contribution is 6.76. The first-order chi connectivity index (χ1) is 5.56. The summed E-state index contributed by atoms with van der Waals surface area (Å²) in [5, 5.41) is 0. The van der Waals surface area contributed by atoms with Crippen LogP contribution in [0.25, 0.3) is 0 Å². The Kier molecular flexibility index (Phi) is 2.08. The van der Waals surface area contributed by atoms with Crippen LogP contribution >= 0.6 is 0 Å². The standard InChI is InChI=1S/C10H21NSi/c1-12(2,3)8-11-6-4-5-9-7-10(9)11/h9-10H,4-8H2,1-3H3. The fourth-order valence-electron chi connectivity index (χ4n) is 2.52. The highest BCUT2D eigenvalue weighted by atomic mass is 28.3. The Morgan fingerprint density at radius 3 is 2.75 bits per heavy atom. The van der Waals surface area contributed by atoms with Crippen molar-refractivity contribution in [3.63, 3.8) is 0 Å². The maximum Gasteiger partial charge on any atom is 0.0599 e. The molecule has 1 aliphatic carbocycles. The van der Waals surface area contributed by atoms with E-state index in [9.17, 15) is 0 Å². The van der Waals surface area contributed by atoms with Crippen molar-refractivity contribution < 1.29 is 0 Å². The maximum absolute atomic E-state index is 2.78. The molecule has 1 aliphatic heterocycles. The van der Waals surface area contributed by atoms with Crippen LogP contribution in [0.5, 0.6) is 0 Å². The summed E-state index contributed by atoms with van der Waals surface area (Å²) in [5.41, 5.74) is 0. The summed E-state index contributed by atoms with van der Waals surface area (Å²) in [6.45, 7) is 8.85. The number of fused-ring (bicyclic) bond motifs is 1. The third kappa shape index (κ3) is 1.91. The zero-order chi connectivity index (χ0) is 8.77. The minimum Gasteiger partial charge on any atom is -0.303 e. The summed E-state index contributed by atoms with van der Waals surface area (Å²) in [6, 6.07) is 1.02. The minimum atomic E-state index is -0.834. The Morgan fingerprint density at radius 2 is 2.08 bits per heavy atom. The van der Waals surface area contributed by atoms with Crippen molar-refractivity contribution in [2.24, 2.45) is 5.92 Å². The van der Waals surface area contributed by atoms with Crippen LogP contribution in [0.2, 0.25) is 19.6 Å². The minimum absolute atomic E-state index is 0.834. The third-order valence-corrected chi connectivity index (χ3v) is 4.41. The lowest BCUT2D eigenvalue weighted by atomic mass is 10.1. The van der Waals surface area contributed by atoms with E-state index in [4.69, 9.17) is 0 Å². The van der Waals surface area contributed by atoms with Crippen molar-refractivity contribution in [1.82, 2.24) is 4.90 Å². The predicted octanol–water partition coefficient (Wildman–Crippen LogP) is 2.35. The summed E-state index contributed by atoms with van der Waals surface area (Å²) in [6.07, 6.45) is 5.94. The molecule has 2 aliphatic rings. The van der Waals surface area contributed by atoms with Crippen molar-refractivity contribution in [2.75, 3.05) is 12.7 Å². The number of nitrogens with zero attached hydrogens (tertiary/aromatic N) is 1. The summed E-state index contributed by atoms with van der Waals surface area (Å²) in [7, 11) is -0.834. The zero-order valence-electron chi connectivity index (χ0n) is 8.64. The average molecular weight is 183 g/mol. The molecule has 2 heteroatoms. The van der Waals surface area contributed by atoms with Gasteiger partial charge in [0.1, 0.15) is 0 Å². The molecular weight excluding hydrogens is 162 g/mol. The SMILES string of the molecule is C[Si](C)(C)CN1CCCC2CC21. The van der Waals surface area contributed by atoms with E-state index in [1.54, 1.807) is 0 Å². The molecule has 2 fully saturated rings. The van der Waals surface area contributed by atoms with Crippen LogP contribution in [0.15, 0.2) is 0 Å². The monoisotopic (exact) mass is 183 g/mol. The molecule has 70 valence electrons. The van der Waals surface area contributed by atoms with Gasteiger partial charge in [0.15, 0.2) is 0 Å². The molecule has 2 atom stereocenters. The Morgan fingerprint density at radius 1 is 1.33 bits per heavy atom. The Labute approximate surface area is 77.2 Å². The molecule has 0 amide bonds. The predicted molar refractivity (Wildman–Crippen MR) is 56.0 cm³/mol. The van der Waals surface area contributed by atoms with E-state index in [0.717, 1.165) is 12.0 Å². The lowest BCUT2D eigenvalue weighted by Crippen LogP contribution is -2.43. The van der Waals surface area contributed by atoms with Gasteiger partial charge in [-0.25, -0.2) is 0 Å². The fourth-order valence-corrected chi connectivity index (χ4v) is 4.13. The molecule has 0 spiro atoms. The van der Waals surface area contributed by atoms with E-state index in [1.807, 2.05) is 0 Å². The molecule has 12 heavy (non-hydrogen) atoms. The Hall–Kier alpha value is 0.177. The van der Waals surface area contributed by atoms with E-state index in [2.05, 4.69) is 24.5 Å². The first kappa shape index (κ1) is 8.76. The number of piperidine rings is 1. The topological polar surface area (TPSA) is 3.24 Å². The second-order valence-electron chi connectivity index (χ2n) is 5.74. The highest BCUT2D eigenvalue weighted by Crippen LogP contribution is 2.43. The summed E-state index contributed by atoms with van der Waals surface area (Å²) in [5.74, 6) is 1.11. The molecule has 2 unspecified atom stereocenters. The van der Waals surface area contributed by atoms with Crippen molar-refractivity contribution in [2.45, 2.75) is 44.9 Å². The van der Waals surface area contributed by atoms with E-state index in [0.29, 0.717) is 0 Å². The molecule has 2 rings (SSSR count). The van der Waals surface area contributed by atoms with Crippen molar-refractivity contribution in [1.29, 1.82) is 0 Å². The van der Waals surface area contributed by atoms with Gasteiger partial charge in [0, 0.05) is 6.04 Å². The average Bonchev–Trinajstić information content (AvgIpc) is 2.62. The van der Waals surface area contributed by atoms with Gasteiger partial charge < -0.3 is 4.90 Å². The molecule has 0 radical (unpaired) electrons. The lowest BCUT2D eigenvalue weighted by Gasteiger charge is -2.31. The van der Waals surface area contributed by atoms with Crippen molar-refractivity contribution >= 4 is 8.07 Å². The number of hydrogen-bond acceptors (Lipinski definition) is 1. The molecule has 0 N–H and O–H groups in total. The summed E-state index contributed by atoms with van der Waals surface area (Å²) < 4.78 is 0. The summed E-state index contributed by atoms with van der Waals surface area (Å²) >= 11 is 0. The van der Waals surface area contributed by atoms with Crippen molar-refractivity contribution in [3.8, 4) is 0 Å². The van der Waals surface area contributed by atoms with Gasteiger partial charge in [0.25, 0.3) is 0 Å². The normalized spacial score (nSPS) is 36.2. The molecule has 0 aromatic rings. The van der Waals surface area contributed by atoms with Gasteiger partial charge in [-0.2, -0.15) is 0 Å².